The molecule has 0 unspecified atom stereocenters. The van der Waals surface area contributed by atoms with Gasteiger partial charge in [0.15, 0.2) is 11.5 Å². The van der Waals surface area contributed by atoms with Crippen LogP contribution in [0.2, 0.25) is 0 Å². The van der Waals surface area contributed by atoms with Gasteiger partial charge >= 0.3 is 0 Å². The second-order valence-corrected chi connectivity index (χ2v) is 7.51. The lowest BCUT2D eigenvalue weighted by Crippen LogP contribution is -2.25. The summed E-state index contributed by atoms with van der Waals surface area (Å²) < 4.78 is 10.3. The number of methoxy groups -OCH3 is 2. The van der Waals surface area contributed by atoms with Crippen molar-refractivity contribution in [2.75, 3.05) is 20.8 Å². The van der Waals surface area contributed by atoms with Crippen LogP contribution in [0.5, 0.6) is 11.5 Å². The number of aryl methyl sites for hydroxylation is 1. The zero-order chi connectivity index (χ0) is 18.7. The molecule has 1 aromatic carbocycles. The van der Waals surface area contributed by atoms with E-state index < -0.39 is 0 Å². The van der Waals surface area contributed by atoms with Crippen molar-refractivity contribution in [2.24, 2.45) is 0 Å². The number of carbonyl (C=O) groups is 1. The van der Waals surface area contributed by atoms with Gasteiger partial charge in [0, 0.05) is 24.0 Å². The number of amides is 1. The second-order valence-electron chi connectivity index (χ2n) is 5.55. The van der Waals surface area contributed by atoms with E-state index in [1.807, 2.05) is 12.3 Å². The molecule has 0 aliphatic rings. The molecule has 0 bridgehead atoms. The molecule has 8 heteroatoms. The lowest BCUT2D eigenvalue weighted by molar-refractivity contribution is 0.0958. The van der Waals surface area contributed by atoms with E-state index in [0.717, 1.165) is 22.0 Å². The van der Waals surface area contributed by atoms with Crippen molar-refractivity contribution in [2.45, 2.75) is 13.3 Å². The maximum Gasteiger partial charge on any atom is 0.261 e. The first kappa shape index (κ1) is 18.3. The van der Waals surface area contributed by atoms with Crippen molar-refractivity contribution in [1.29, 1.82) is 0 Å². The van der Waals surface area contributed by atoms with Crippen molar-refractivity contribution >= 4 is 39.4 Å². The summed E-state index contributed by atoms with van der Waals surface area (Å²) in [4.78, 5) is 29.7. The highest BCUT2D eigenvalue weighted by Crippen LogP contribution is 2.34. The number of nitrogens with zero attached hydrogens (tertiary/aromatic N) is 1. The van der Waals surface area contributed by atoms with Gasteiger partial charge in [0.05, 0.1) is 29.5 Å². The third-order valence-electron chi connectivity index (χ3n) is 3.79. The molecule has 0 spiro atoms. The number of nitrogens with one attached hydrogen (secondary N) is 1. The monoisotopic (exact) mass is 390 g/mol. The average Bonchev–Trinajstić information content (AvgIpc) is 3.05. The molecular formula is C18H18N2O4S2. The fraction of sp³-hybridized carbons (Fsp3) is 0.278. The molecule has 0 atom stereocenters. The fourth-order valence-electron chi connectivity index (χ4n) is 2.59. The van der Waals surface area contributed by atoms with E-state index in [2.05, 4.69) is 10.3 Å². The number of hydrogen-bond acceptors (Lipinski definition) is 7. The van der Waals surface area contributed by atoms with Gasteiger partial charge in [0.1, 0.15) is 0 Å². The van der Waals surface area contributed by atoms with Crippen LogP contribution in [0.3, 0.4) is 0 Å². The van der Waals surface area contributed by atoms with E-state index in [-0.39, 0.29) is 10.6 Å². The Morgan fingerprint density at radius 1 is 1.27 bits per heavy atom. The molecule has 1 amide bonds. The molecule has 3 aromatic rings. The van der Waals surface area contributed by atoms with E-state index in [1.165, 1.54) is 14.2 Å². The first-order valence-electron chi connectivity index (χ1n) is 7.91. The largest absolute Gasteiger partial charge is 0.493 e. The molecule has 0 saturated heterocycles. The molecule has 6 nitrogen and oxygen atoms in total. The first-order chi connectivity index (χ1) is 12.5. The first-order valence-corrected chi connectivity index (χ1v) is 9.61. The topological polar surface area (TPSA) is 77.5 Å². The van der Waals surface area contributed by atoms with E-state index in [9.17, 15) is 9.59 Å². The number of rotatable bonds is 6. The molecular weight excluding hydrogens is 372 g/mol. The van der Waals surface area contributed by atoms with Gasteiger partial charge in [-0.05, 0) is 24.4 Å². The van der Waals surface area contributed by atoms with Crippen LogP contribution in [0.4, 0.5) is 0 Å². The predicted molar refractivity (Wildman–Crippen MR) is 104 cm³/mol. The number of carbonyl (C=O) groups excluding carboxylic acids is 1. The quantitative estimate of drug-likeness (QED) is 0.700. The highest BCUT2D eigenvalue weighted by molar-refractivity contribution is 7.12. The van der Waals surface area contributed by atoms with Crippen LogP contribution in [0.1, 0.15) is 20.4 Å². The standard InChI is InChI=1S/C18H18N2O4S2/c1-10-9-25-14(20-10)6-7-19-17(21)13-8-11-4-5-12(23-2)16(24-3)15(11)18(22)26-13/h4-5,8-9H,6-7H2,1-3H3,(H,19,21). The van der Waals surface area contributed by atoms with Gasteiger partial charge in [-0.3, -0.25) is 9.59 Å². The van der Waals surface area contributed by atoms with Gasteiger partial charge in [-0.2, -0.15) is 0 Å². The molecule has 2 heterocycles. The van der Waals surface area contributed by atoms with Crippen molar-refractivity contribution in [3.63, 3.8) is 0 Å². The summed E-state index contributed by atoms with van der Waals surface area (Å²) in [5, 5.41) is 6.87. The van der Waals surface area contributed by atoms with Crippen LogP contribution >= 0.6 is 22.7 Å². The average molecular weight is 390 g/mol. The van der Waals surface area contributed by atoms with Crippen molar-refractivity contribution in [3.05, 3.63) is 48.7 Å². The summed E-state index contributed by atoms with van der Waals surface area (Å²) in [5.41, 5.74) is 0.980. The van der Waals surface area contributed by atoms with Crippen LogP contribution in [0.15, 0.2) is 28.4 Å². The zero-order valence-corrected chi connectivity index (χ0v) is 16.3. The molecule has 0 aliphatic heterocycles. The zero-order valence-electron chi connectivity index (χ0n) is 14.6. The molecule has 136 valence electrons. The summed E-state index contributed by atoms with van der Waals surface area (Å²) >= 11 is 2.47. The van der Waals surface area contributed by atoms with Gasteiger partial charge in [-0.1, -0.05) is 17.4 Å². The highest BCUT2D eigenvalue weighted by Gasteiger charge is 2.16. The SMILES string of the molecule is COc1ccc2cc(C(=O)NCCc3nc(C)cs3)sc(=O)c2c1OC. The van der Waals surface area contributed by atoms with Crippen LogP contribution in [-0.2, 0) is 6.42 Å². The minimum absolute atomic E-state index is 0.237. The fourth-order valence-corrected chi connectivity index (χ4v) is 4.23. The van der Waals surface area contributed by atoms with Crippen molar-refractivity contribution in [3.8, 4) is 11.5 Å². The summed E-state index contributed by atoms with van der Waals surface area (Å²) in [6, 6.07) is 5.17. The predicted octanol–water partition coefficient (Wildman–Crippen LogP) is 3.02. The maximum atomic E-state index is 12.5. The summed E-state index contributed by atoms with van der Waals surface area (Å²) in [6.45, 7) is 2.41. The Hall–Kier alpha value is -2.45. The van der Waals surface area contributed by atoms with E-state index in [0.29, 0.717) is 40.1 Å². The molecule has 0 fully saturated rings. The smallest absolute Gasteiger partial charge is 0.261 e. The summed E-state index contributed by atoms with van der Waals surface area (Å²) in [5.74, 6) is 0.606. The lowest BCUT2D eigenvalue weighted by atomic mass is 10.1. The van der Waals surface area contributed by atoms with Crippen LogP contribution in [0.25, 0.3) is 10.8 Å². The maximum absolute atomic E-state index is 12.5. The normalized spacial score (nSPS) is 10.7. The Labute approximate surface area is 158 Å². The molecule has 26 heavy (non-hydrogen) atoms. The third-order valence-corrected chi connectivity index (χ3v) is 5.73. The molecule has 2 aromatic heterocycles. The van der Waals surface area contributed by atoms with E-state index >= 15 is 0 Å². The Balaban J connectivity index is 1.81. The minimum Gasteiger partial charge on any atom is -0.493 e. The van der Waals surface area contributed by atoms with Crippen LogP contribution < -0.4 is 19.5 Å². The Morgan fingerprint density at radius 3 is 2.73 bits per heavy atom. The number of ether oxygens (including phenoxy) is 2. The van der Waals surface area contributed by atoms with E-state index in [4.69, 9.17) is 9.47 Å². The molecule has 0 radical (unpaired) electrons. The summed E-state index contributed by atoms with van der Waals surface area (Å²) in [7, 11) is 3.01. The van der Waals surface area contributed by atoms with Crippen LogP contribution in [0, 0.1) is 6.92 Å². The number of fused-ring (bicyclic) bond motifs is 1. The van der Waals surface area contributed by atoms with E-state index in [1.54, 1.807) is 29.5 Å². The molecule has 0 saturated carbocycles. The Morgan fingerprint density at radius 2 is 2.08 bits per heavy atom. The number of hydrogen-bond donors (Lipinski definition) is 1. The van der Waals surface area contributed by atoms with Gasteiger partial charge in [-0.15, -0.1) is 11.3 Å². The van der Waals surface area contributed by atoms with Crippen molar-refractivity contribution < 1.29 is 14.3 Å². The number of aromatic nitrogens is 1. The van der Waals surface area contributed by atoms with Crippen LogP contribution in [-0.4, -0.2) is 31.7 Å². The van der Waals surface area contributed by atoms with Gasteiger partial charge < -0.3 is 14.8 Å². The number of benzene rings is 1. The molecule has 1 N–H and O–H groups in total. The highest BCUT2D eigenvalue weighted by atomic mass is 32.1. The van der Waals surface area contributed by atoms with Gasteiger partial charge in [0.2, 0.25) is 4.74 Å². The lowest BCUT2D eigenvalue weighted by Gasteiger charge is -2.10. The Bertz CT molecular complexity index is 1010. The second kappa shape index (κ2) is 7.84. The summed E-state index contributed by atoms with van der Waals surface area (Å²) in [6.07, 6.45) is 0.664. The molecule has 3 rings (SSSR count). The molecule has 0 aliphatic carbocycles. The van der Waals surface area contributed by atoms with Crippen molar-refractivity contribution in [1.82, 2.24) is 10.3 Å². The van der Waals surface area contributed by atoms with Gasteiger partial charge in [-0.25, -0.2) is 4.98 Å². The van der Waals surface area contributed by atoms with Gasteiger partial charge in [0.25, 0.3) is 5.91 Å². The Kier molecular flexibility index (Phi) is 5.53. The minimum atomic E-state index is -0.267. The number of thiazole rings is 1. The third kappa shape index (κ3) is 3.71.